The molecule has 8 aromatic carbocycles. The maximum absolute atomic E-state index is 14.6. The van der Waals surface area contributed by atoms with Crippen molar-refractivity contribution in [3.63, 3.8) is 0 Å². The van der Waals surface area contributed by atoms with Crippen LogP contribution in [0.1, 0.15) is 11.1 Å². The van der Waals surface area contributed by atoms with Crippen LogP contribution in [-0.2, 0) is 12.4 Å². The summed E-state index contributed by atoms with van der Waals surface area (Å²) in [4.78, 5) is 0. The average molecular weight is 657 g/mol. The van der Waals surface area contributed by atoms with Crippen molar-refractivity contribution in [2.45, 2.75) is 12.4 Å². The lowest BCUT2D eigenvalue weighted by Crippen LogP contribution is -2.07. The van der Waals surface area contributed by atoms with Crippen LogP contribution in [0.3, 0.4) is 0 Å². The van der Waals surface area contributed by atoms with Gasteiger partial charge in [0.15, 0.2) is 0 Å². The lowest BCUT2D eigenvalue weighted by atomic mass is 9.86. The summed E-state index contributed by atoms with van der Waals surface area (Å²) in [7, 11) is 0. The Bertz CT molecular complexity index is 2690. The fraction of sp³-hybridized carbons (Fsp3) is 0.0476. The summed E-state index contributed by atoms with van der Waals surface area (Å²) in [5, 5.41) is 3.52. The molecule has 49 heavy (non-hydrogen) atoms. The van der Waals surface area contributed by atoms with Gasteiger partial charge in [-0.1, -0.05) is 127 Å². The highest BCUT2D eigenvalue weighted by Gasteiger charge is 2.37. The lowest BCUT2D eigenvalue weighted by Gasteiger charge is -2.19. The fourth-order valence-electron chi connectivity index (χ4n) is 7.70. The zero-order valence-electron chi connectivity index (χ0n) is 25.4. The molecule has 0 saturated heterocycles. The van der Waals surface area contributed by atoms with E-state index in [0.717, 1.165) is 0 Å². The van der Waals surface area contributed by atoms with E-state index < -0.39 is 23.5 Å². The number of para-hydroxylation sites is 1. The Labute approximate surface area is 274 Å². The zero-order valence-corrected chi connectivity index (χ0v) is 25.4. The predicted molar refractivity (Wildman–Crippen MR) is 185 cm³/mol. The number of furan rings is 1. The van der Waals surface area contributed by atoms with E-state index in [-0.39, 0.29) is 21.5 Å². The molecule has 0 spiro atoms. The van der Waals surface area contributed by atoms with Crippen LogP contribution < -0.4 is 0 Å². The van der Waals surface area contributed by atoms with Crippen molar-refractivity contribution in [2.24, 2.45) is 0 Å². The summed E-state index contributed by atoms with van der Waals surface area (Å²) >= 11 is 0. The molecule has 0 N–H and O–H groups in total. The molecule has 1 heterocycles. The van der Waals surface area contributed by atoms with Gasteiger partial charge >= 0.3 is 12.4 Å². The van der Waals surface area contributed by atoms with Crippen molar-refractivity contribution < 1.29 is 30.8 Å². The molecule has 7 heteroatoms. The van der Waals surface area contributed by atoms with Gasteiger partial charge in [-0.05, 0) is 60.3 Å². The van der Waals surface area contributed by atoms with Crippen LogP contribution >= 0.6 is 0 Å². The summed E-state index contributed by atoms with van der Waals surface area (Å²) in [5.41, 5.74) is 2.16. The number of alkyl halides is 6. The third kappa shape index (κ3) is 4.28. The molecule has 0 aliphatic carbocycles. The van der Waals surface area contributed by atoms with E-state index >= 15 is 0 Å². The molecule has 238 valence electrons. The monoisotopic (exact) mass is 656 g/mol. The van der Waals surface area contributed by atoms with Crippen molar-refractivity contribution in [3.8, 4) is 22.3 Å². The van der Waals surface area contributed by atoms with Gasteiger partial charge in [0.25, 0.3) is 0 Å². The van der Waals surface area contributed by atoms with Gasteiger partial charge in [0.1, 0.15) is 11.2 Å². The first-order chi connectivity index (χ1) is 23.6. The molecule has 9 aromatic rings. The standard InChI is InChI=1S/C42H22F6O/c43-41(44,45)38-27-15-5-1-11-23(27)35(24-12-2-6-16-28(24)38)31-19-10-22-34-37(31)33-21-9-20-32(40(33)49-34)36-25-13-3-7-17-29(25)39(42(46,47)48)30-18-8-4-14-26(30)36/h1-22H. The van der Waals surface area contributed by atoms with Gasteiger partial charge < -0.3 is 4.42 Å². The van der Waals surface area contributed by atoms with Crippen molar-refractivity contribution in [3.05, 3.63) is 145 Å². The second-order valence-electron chi connectivity index (χ2n) is 12.1. The van der Waals surface area contributed by atoms with E-state index in [1.807, 2.05) is 30.3 Å². The van der Waals surface area contributed by atoms with E-state index in [9.17, 15) is 26.3 Å². The summed E-state index contributed by atoms with van der Waals surface area (Å²) in [6, 6.07) is 37.2. The highest BCUT2D eigenvalue weighted by molar-refractivity contribution is 6.25. The molecule has 9 rings (SSSR count). The minimum atomic E-state index is -4.59. The maximum Gasteiger partial charge on any atom is 0.417 e. The van der Waals surface area contributed by atoms with Gasteiger partial charge in [0.2, 0.25) is 0 Å². The lowest BCUT2D eigenvalue weighted by molar-refractivity contribution is -0.135. The minimum absolute atomic E-state index is 0.0835. The molecule has 0 fully saturated rings. The van der Waals surface area contributed by atoms with Crippen LogP contribution in [0.15, 0.2) is 138 Å². The van der Waals surface area contributed by atoms with Gasteiger partial charge in [-0.25, -0.2) is 0 Å². The molecular formula is C42H22F6O. The van der Waals surface area contributed by atoms with Crippen molar-refractivity contribution in [2.75, 3.05) is 0 Å². The van der Waals surface area contributed by atoms with Gasteiger partial charge in [-0.2, -0.15) is 26.3 Å². The molecule has 0 amide bonds. The first kappa shape index (κ1) is 29.3. The quantitative estimate of drug-likeness (QED) is 0.133. The van der Waals surface area contributed by atoms with E-state index in [2.05, 4.69) is 0 Å². The van der Waals surface area contributed by atoms with Crippen LogP contribution in [0.4, 0.5) is 26.3 Å². The molecule has 0 aliphatic heterocycles. The number of benzene rings is 8. The summed E-state index contributed by atoms with van der Waals surface area (Å²) in [5.74, 6) is 0. The zero-order chi connectivity index (χ0) is 33.7. The Balaban J connectivity index is 1.42. The molecular weight excluding hydrogens is 634 g/mol. The molecule has 0 radical (unpaired) electrons. The van der Waals surface area contributed by atoms with Gasteiger partial charge in [-0.15, -0.1) is 0 Å². The predicted octanol–water partition coefficient (Wildman–Crippen LogP) is 13.6. The Hall–Kier alpha value is -5.82. The SMILES string of the molecule is FC(F)(F)c1c2ccccc2c(-c2cccc3c2oc2cccc(-c4c5ccccc5c(C(F)(F)F)c5ccccc45)c23)c2ccccc12. The molecule has 0 atom stereocenters. The summed E-state index contributed by atoms with van der Waals surface area (Å²) in [6.45, 7) is 0. The summed E-state index contributed by atoms with van der Waals surface area (Å²) < 4.78 is 94.3. The third-order valence-corrected chi connectivity index (χ3v) is 9.49. The maximum atomic E-state index is 14.6. The molecule has 1 nitrogen and oxygen atoms in total. The van der Waals surface area contributed by atoms with Crippen LogP contribution in [-0.4, -0.2) is 0 Å². The first-order valence-electron chi connectivity index (χ1n) is 15.6. The van der Waals surface area contributed by atoms with Crippen LogP contribution in [0.5, 0.6) is 0 Å². The topological polar surface area (TPSA) is 13.1 Å². The van der Waals surface area contributed by atoms with Crippen LogP contribution in [0.2, 0.25) is 0 Å². The van der Waals surface area contributed by atoms with Crippen LogP contribution in [0.25, 0.3) is 87.3 Å². The van der Waals surface area contributed by atoms with Crippen LogP contribution in [0, 0.1) is 0 Å². The minimum Gasteiger partial charge on any atom is -0.455 e. The van der Waals surface area contributed by atoms with Gasteiger partial charge in [0, 0.05) is 21.9 Å². The molecule has 0 unspecified atom stereocenters. The number of rotatable bonds is 2. The first-order valence-corrected chi connectivity index (χ1v) is 15.6. The third-order valence-electron chi connectivity index (χ3n) is 9.49. The molecule has 0 bridgehead atoms. The second-order valence-corrected chi connectivity index (χ2v) is 12.1. The molecule has 1 aromatic heterocycles. The highest BCUT2D eigenvalue weighted by Crippen LogP contribution is 2.51. The second kappa shape index (κ2) is 10.3. The number of fused-ring (bicyclic) bond motifs is 7. The van der Waals surface area contributed by atoms with Gasteiger partial charge in [0.05, 0.1) is 11.1 Å². The van der Waals surface area contributed by atoms with E-state index in [0.29, 0.717) is 65.7 Å². The Morgan fingerprint density at radius 1 is 0.347 bits per heavy atom. The van der Waals surface area contributed by atoms with Crippen molar-refractivity contribution in [1.82, 2.24) is 0 Å². The molecule has 0 aliphatic rings. The van der Waals surface area contributed by atoms with E-state index in [4.69, 9.17) is 4.42 Å². The Morgan fingerprint density at radius 3 is 1.12 bits per heavy atom. The summed E-state index contributed by atoms with van der Waals surface area (Å²) in [6.07, 6.45) is -9.18. The fourth-order valence-corrected chi connectivity index (χ4v) is 7.70. The van der Waals surface area contributed by atoms with Crippen molar-refractivity contribution in [1.29, 1.82) is 0 Å². The molecule has 0 saturated carbocycles. The van der Waals surface area contributed by atoms with Crippen molar-refractivity contribution >= 4 is 65.0 Å². The van der Waals surface area contributed by atoms with E-state index in [1.165, 1.54) is 24.3 Å². The smallest absolute Gasteiger partial charge is 0.417 e. The van der Waals surface area contributed by atoms with E-state index in [1.54, 1.807) is 78.9 Å². The average Bonchev–Trinajstić information content (AvgIpc) is 3.48. The number of halogens is 6. The Morgan fingerprint density at radius 2 is 0.694 bits per heavy atom. The number of hydrogen-bond acceptors (Lipinski definition) is 1. The highest BCUT2D eigenvalue weighted by atomic mass is 19.4. The normalized spacial score (nSPS) is 12.7. The number of hydrogen-bond donors (Lipinski definition) is 0. The Kier molecular flexibility index (Phi) is 6.19. The van der Waals surface area contributed by atoms with Gasteiger partial charge in [-0.3, -0.25) is 0 Å². The largest absolute Gasteiger partial charge is 0.455 e.